The van der Waals surface area contributed by atoms with E-state index in [9.17, 15) is 13.6 Å². The summed E-state index contributed by atoms with van der Waals surface area (Å²) in [5.41, 5.74) is -0.191. The lowest BCUT2D eigenvalue weighted by atomic mass is 10.0. The van der Waals surface area contributed by atoms with Gasteiger partial charge in [-0.15, -0.1) is 0 Å². The van der Waals surface area contributed by atoms with E-state index >= 15 is 0 Å². The summed E-state index contributed by atoms with van der Waals surface area (Å²) in [4.78, 5) is 15.8. The van der Waals surface area contributed by atoms with Gasteiger partial charge in [-0.05, 0) is 24.3 Å². The van der Waals surface area contributed by atoms with Crippen LogP contribution in [0.2, 0.25) is 0 Å². The van der Waals surface area contributed by atoms with Crippen LogP contribution in [-0.4, -0.2) is 17.9 Å². The van der Waals surface area contributed by atoms with Crippen LogP contribution in [0.4, 0.5) is 8.78 Å². The number of rotatable bonds is 3. The molecule has 0 saturated carbocycles. The third-order valence-corrected chi connectivity index (χ3v) is 2.38. The molecule has 18 heavy (non-hydrogen) atoms. The number of benzene rings is 1. The molecule has 0 spiro atoms. The van der Waals surface area contributed by atoms with Crippen molar-refractivity contribution in [3.05, 3.63) is 59.4 Å². The summed E-state index contributed by atoms with van der Waals surface area (Å²) < 4.78 is 31.4. The van der Waals surface area contributed by atoms with Crippen molar-refractivity contribution in [2.75, 3.05) is 7.11 Å². The molecule has 3 nitrogen and oxygen atoms in total. The molecule has 2 aromatic rings. The van der Waals surface area contributed by atoms with E-state index in [2.05, 4.69) is 4.98 Å². The van der Waals surface area contributed by atoms with E-state index in [1.54, 1.807) is 0 Å². The first kappa shape index (κ1) is 12.2. The van der Waals surface area contributed by atoms with E-state index in [1.807, 2.05) is 0 Å². The van der Waals surface area contributed by atoms with Crippen molar-refractivity contribution >= 4 is 5.78 Å². The van der Waals surface area contributed by atoms with E-state index in [0.29, 0.717) is 5.75 Å². The van der Waals surface area contributed by atoms with Crippen LogP contribution in [0.25, 0.3) is 0 Å². The highest BCUT2D eigenvalue weighted by Crippen LogP contribution is 2.17. The fourth-order valence-electron chi connectivity index (χ4n) is 1.48. The highest BCUT2D eigenvalue weighted by Gasteiger charge is 2.15. The van der Waals surface area contributed by atoms with Gasteiger partial charge in [0.15, 0.2) is 5.78 Å². The molecule has 0 atom stereocenters. The average molecular weight is 249 g/mol. The van der Waals surface area contributed by atoms with Gasteiger partial charge in [-0.2, -0.15) is 0 Å². The predicted octanol–water partition coefficient (Wildman–Crippen LogP) is 2.60. The van der Waals surface area contributed by atoms with E-state index in [1.165, 1.54) is 25.6 Å². The Morgan fingerprint density at radius 3 is 2.72 bits per heavy atom. The Hall–Kier alpha value is -2.30. The Kier molecular flexibility index (Phi) is 3.32. The van der Waals surface area contributed by atoms with Gasteiger partial charge in [-0.3, -0.25) is 9.78 Å². The van der Waals surface area contributed by atoms with E-state index < -0.39 is 17.4 Å². The van der Waals surface area contributed by atoms with Crippen LogP contribution >= 0.6 is 0 Å². The van der Waals surface area contributed by atoms with Gasteiger partial charge >= 0.3 is 0 Å². The van der Waals surface area contributed by atoms with Crippen LogP contribution in [0.5, 0.6) is 5.75 Å². The lowest BCUT2D eigenvalue weighted by Gasteiger charge is -2.04. The Morgan fingerprint density at radius 1 is 1.22 bits per heavy atom. The quantitative estimate of drug-likeness (QED) is 0.785. The molecule has 0 fully saturated rings. The summed E-state index contributed by atoms with van der Waals surface area (Å²) in [6.45, 7) is 0. The number of ether oxygens (including phenoxy) is 1. The molecule has 0 N–H and O–H groups in total. The van der Waals surface area contributed by atoms with Crippen LogP contribution in [-0.2, 0) is 0 Å². The number of halogens is 2. The number of pyridine rings is 1. The molecule has 92 valence electrons. The van der Waals surface area contributed by atoms with E-state index in [4.69, 9.17) is 4.74 Å². The minimum absolute atomic E-state index is 0.138. The van der Waals surface area contributed by atoms with Gasteiger partial charge in [-0.1, -0.05) is 0 Å². The molecule has 0 bridgehead atoms. The van der Waals surface area contributed by atoms with Gasteiger partial charge in [0, 0.05) is 11.8 Å². The summed E-state index contributed by atoms with van der Waals surface area (Å²) in [7, 11) is 1.42. The topological polar surface area (TPSA) is 39.2 Å². The molecular weight excluding hydrogens is 240 g/mol. The zero-order chi connectivity index (χ0) is 13.1. The fourth-order valence-corrected chi connectivity index (χ4v) is 1.48. The van der Waals surface area contributed by atoms with Crippen molar-refractivity contribution in [3.8, 4) is 5.75 Å². The molecule has 1 aromatic carbocycles. The second-order valence-electron chi connectivity index (χ2n) is 3.57. The van der Waals surface area contributed by atoms with Gasteiger partial charge in [0.2, 0.25) is 0 Å². The Balaban J connectivity index is 2.44. The number of nitrogens with zero attached hydrogens (tertiary/aromatic N) is 1. The molecule has 1 heterocycles. The zero-order valence-corrected chi connectivity index (χ0v) is 9.48. The minimum Gasteiger partial charge on any atom is -0.495 e. The van der Waals surface area contributed by atoms with E-state index in [-0.39, 0.29) is 11.1 Å². The molecule has 1 aromatic heterocycles. The van der Waals surface area contributed by atoms with Gasteiger partial charge in [0.05, 0.1) is 18.9 Å². The first-order chi connectivity index (χ1) is 8.61. The lowest BCUT2D eigenvalue weighted by Crippen LogP contribution is -2.05. The molecular formula is C13H9F2NO2. The van der Waals surface area contributed by atoms with Crippen LogP contribution < -0.4 is 4.74 Å². The number of hydrogen-bond donors (Lipinski definition) is 0. The van der Waals surface area contributed by atoms with Gasteiger partial charge in [-0.25, -0.2) is 8.78 Å². The summed E-state index contributed by atoms with van der Waals surface area (Å²) in [6, 6.07) is 4.14. The maximum atomic E-state index is 13.4. The van der Waals surface area contributed by atoms with Gasteiger partial charge in [0.25, 0.3) is 0 Å². The van der Waals surface area contributed by atoms with Crippen LogP contribution in [0.1, 0.15) is 15.9 Å². The summed E-state index contributed by atoms with van der Waals surface area (Å²) in [5.74, 6) is -1.71. The third-order valence-electron chi connectivity index (χ3n) is 2.38. The van der Waals surface area contributed by atoms with E-state index in [0.717, 1.165) is 18.2 Å². The van der Waals surface area contributed by atoms with Crippen LogP contribution in [0.3, 0.4) is 0 Å². The SMILES string of the molecule is COc1cncc(C(=O)c2cc(F)ccc2F)c1. The number of aromatic nitrogens is 1. The molecule has 5 heteroatoms. The van der Waals surface area contributed by atoms with Crippen molar-refractivity contribution in [3.63, 3.8) is 0 Å². The Labute approximate surface area is 102 Å². The first-order valence-corrected chi connectivity index (χ1v) is 5.10. The maximum Gasteiger partial charge on any atom is 0.197 e. The largest absolute Gasteiger partial charge is 0.495 e. The third kappa shape index (κ3) is 2.34. The minimum atomic E-state index is -0.774. The first-order valence-electron chi connectivity index (χ1n) is 5.10. The number of methoxy groups -OCH3 is 1. The number of carbonyl (C=O) groups is 1. The van der Waals surface area contributed by atoms with Crippen molar-refractivity contribution in [2.24, 2.45) is 0 Å². The second kappa shape index (κ2) is 4.91. The number of ketones is 1. The second-order valence-corrected chi connectivity index (χ2v) is 3.57. The average Bonchev–Trinajstić information content (AvgIpc) is 2.41. The highest BCUT2D eigenvalue weighted by atomic mass is 19.1. The van der Waals surface area contributed by atoms with Crippen LogP contribution in [0, 0.1) is 11.6 Å². The summed E-state index contributed by atoms with van der Waals surface area (Å²) >= 11 is 0. The normalized spacial score (nSPS) is 10.2. The molecule has 0 amide bonds. The van der Waals surface area contributed by atoms with Crippen LogP contribution in [0.15, 0.2) is 36.7 Å². The molecule has 0 aliphatic carbocycles. The van der Waals surface area contributed by atoms with Crippen molar-refractivity contribution in [2.45, 2.75) is 0 Å². The molecule has 0 radical (unpaired) electrons. The van der Waals surface area contributed by atoms with Gasteiger partial charge in [0.1, 0.15) is 17.4 Å². The predicted molar refractivity (Wildman–Crippen MR) is 60.6 cm³/mol. The smallest absolute Gasteiger partial charge is 0.197 e. The Morgan fingerprint density at radius 2 is 2.00 bits per heavy atom. The monoisotopic (exact) mass is 249 g/mol. The van der Waals surface area contributed by atoms with Gasteiger partial charge < -0.3 is 4.74 Å². The van der Waals surface area contributed by atoms with Crippen molar-refractivity contribution < 1.29 is 18.3 Å². The molecule has 0 saturated heterocycles. The maximum absolute atomic E-state index is 13.4. The number of hydrogen-bond acceptors (Lipinski definition) is 3. The summed E-state index contributed by atoms with van der Waals surface area (Å²) in [5, 5.41) is 0. The molecule has 0 unspecified atom stereocenters. The lowest BCUT2D eigenvalue weighted by molar-refractivity contribution is 0.103. The fraction of sp³-hybridized carbons (Fsp3) is 0.0769. The molecule has 2 rings (SSSR count). The zero-order valence-electron chi connectivity index (χ0n) is 9.48. The van der Waals surface area contributed by atoms with Crippen molar-refractivity contribution in [1.82, 2.24) is 4.98 Å². The molecule has 0 aliphatic rings. The van der Waals surface area contributed by atoms with Crippen molar-refractivity contribution in [1.29, 1.82) is 0 Å². The summed E-state index contributed by atoms with van der Waals surface area (Å²) in [6.07, 6.45) is 2.69. The number of carbonyl (C=O) groups excluding carboxylic acids is 1. The Bertz CT molecular complexity index is 599. The molecule has 0 aliphatic heterocycles. The highest BCUT2D eigenvalue weighted by molar-refractivity contribution is 6.09. The standard InChI is InChI=1S/C13H9F2NO2/c1-18-10-4-8(6-16-7-10)13(17)11-5-9(14)2-3-12(11)15/h2-7H,1H3.